The molecule has 1 nitrogen and oxygen atoms in total. The fourth-order valence-electron chi connectivity index (χ4n) is 2.11. The molecule has 2 saturated carbocycles. The summed E-state index contributed by atoms with van der Waals surface area (Å²) in [5, 5.41) is -0.329. The van der Waals surface area contributed by atoms with Gasteiger partial charge in [0.15, 0.2) is 9.58 Å². The van der Waals surface area contributed by atoms with Gasteiger partial charge in [-0.1, -0.05) is 34.8 Å². The Labute approximate surface area is 96.7 Å². The van der Waals surface area contributed by atoms with Crippen molar-refractivity contribution in [1.82, 2.24) is 0 Å². The van der Waals surface area contributed by atoms with Gasteiger partial charge in [-0.25, -0.2) is 0 Å². The first kappa shape index (κ1) is 10.4. The molecule has 13 heavy (non-hydrogen) atoms. The van der Waals surface area contributed by atoms with Crippen molar-refractivity contribution in [1.29, 1.82) is 0 Å². The van der Waals surface area contributed by atoms with Crippen molar-refractivity contribution >= 4 is 52.2 Å². The van der Waals surface area contributed by atoms with Crippen LogP contribution in [-0.4, -0.2) is 15.0 Å². The predicted octanol–water partition coefficient (Wildman–Crippen LogP) is 3.33. The van der Waals surface area contributed by atoms with E-state index in [-0.39, 0.29) is 22.5 Å². The minimum atomic E-state index is -1.33. The van der Waals surface area contributed by atoms with E-state index in [4.69, 9.17) is 46.4 Å². The molecule has 2 aliphatic rings. The number of ketones is 1. The van der Waals surface area contributed by atoms with Gasteiger partial charge in [0.2, 0.25) is 0 Å². The standard InChI is InChI=1S/C8H8Cl4O/c9-6-5(13)4(3-8(10,11)12)7(6)1-2-7/h4,6H,1-3H2. The minimum Gasteiger partial charge on any atom is -0.298 e. The monoisotopic (exact) mass is 260 g/mol. The van der Waals surface area contributed by atoms with Crippen molar-refractivity contribution in [3.8, 4) is 0 Å². The van der Waals surface area contributed by atoms with E-state index in [9.17, 15) is 4.79 Å². The molecule has 74 valence electrons. The molecular formula is C8H8Cl4O. The first-order chi connectivity index (χ1) is 5.87. The number of Topliss-reactive ketones (excluding diaryl/α,β-unsaturated/α-hetero) is 1. The average molecular weight is 262 g/mol. The molecule has 0 aliphatic heterocycles. The lowest BCUT2D eigenvalue weighted by Gasteiger charge is -2.41. The van der Waals surface area contributed by atoms with Crippen molar-refractivity contribution in [2.45, 2.75) is 28.4 Å². The van der Waals surface area contributed by atoms with Gasteiger partial charge < -0.3 is 0 Å². The minimum absolute atomic E-state index is 0.0114. The number of carbonyl (C=O) groups is 1. The lowest BCUT2D eigenvalue weighted by atomic mass is 9.67. The Kier molecular flexibility index (Phi) is 2.32. The van der Waals surface area contributed by atoms with E-state index in [1.165, 1.54) is 0 Å². The normalized spacial score (nSPS) is 36.2. The van der Waals surface area contributed by atoms with Gasteiger partial charge in [0.25, 0.3) is 0 Å². The van der Waals surface area contributed by atoms with Crippen LogP contribution < -0.4 is 0 Å². The quantitative estimate of drug-likeness (QED) is 0.662. The van der Waals surface area contributed by atoms with Gasteiger partial charge in [-0.15, -0.1) is 11.6 Å². The maximum absolute atomic E-state index is 11.4. The summed E-state index contributed by atoms with van der Waals surface area (Å²) in [7, 11) is 0. The Bertz CT molecular complexity index is 253. The van der Waals surface area contributed by atoms with Gasteiger partial charge in [-0.2, -0.15) is 0 Å². The molecule has 0 aromatic rings. The zero-order chi connectivity index (χ0) is 9.85. The first-order valence-corrected chi connectivity index (χ1v) is 5.68. The highest BCUT2D eigenvalue weighted by Gasteiger charge is 2.68. The highest BCUT2D eigenvalue weighted by Crippen LogP contribution is 2.67. The third-order valence-corrected chi connectivity index (χ3v) is 4.17. The molecule has 0 amide bonds. The van der Waals surface area contributed by atoms with Gasteiger partial charge in [-0.3, -0.25) is 4.79 Å². The SMILES string of the molecule is O=C1C(Cl)C2(CC2)C1CC(Cl)(Cl)Cl. The van der Waals surface area contributed by atoms with Crippen LogP contribution in [0.25, 0.3) is 0 Å². The van der Waals surface area contributed by atoms with Crippen LogP contribution in [0.15, 0.2) is 0 Å². The van der Waals surface area contributed by atoms with Crippen LogP contribution in [0.5, 0.6) is 0 Å². The lowest BCUT2D eigenvalue weighted by Crippen LogP contribution is -2.52. The van der Waals surface area contributed by atoms with E-state index in [1.54, 1.807) is 0 Å². The molecule has 5 heteroatoms. The summed E-state index contributed by atoms with van der Waals surface area (Å²) in [5.41, 5.74) is -0.0114. The third-order valence-electron chi connectivity index (χ3n) is 3.05. The molecule has 0 bridgehead atoms. The van der Waals surface area contributed by atoms with Gasteiger partial charge in [0, 0.05) is 17.8 Å². The van der Waals surface area contributed by atoms with Crippen LogP contribution in [-0.2, 0) is 4.79 Å². The molecule has 2 rings (SSSR count). The number of alkyl halides is 4. The van der Waals surface area contributed by atoms with E-state index < -0.39 is 3.79 Å². The van der Waals surface area contributed by atoms with Crippen LogP contribution in [0.2, 0.25) is 0 Å². The second-order valence-corrected chi connectivity index (χ2v) is 6.82. The van der Waals surface area contributed by atoms with E-state index in [1.807, 2.05) is 0 Å². The molecule has 0 N–H and O–H groups in total. The smallest absolute Gasteiger partial charge is 0.191 e. The molecular weight excluding hydrogens is 254 g/mol. The largest absolute Gasteiger partial charge is 0.298 e. The highest BCUT2D eigenvalue weighted by molar-refractivity contribution is 6.67. The van der Waals surface area contributed by atoms with Crippen molar-refractivity contribution < 1.29 is 4.79 Å². The fraction of sp³-hybridized carbons (Fsp3) is 0.875. The zero-order valence-corrected chi connectivity index (χ0v) is 9.72. The first-order valence-electron chi connectivity index (χ1n) is 4.11. The van der Waals surface area contributed by atoms with Crippen molar-refractivity contribution in [2.24, 2.45) is 11.3 Å². The molecule has 2 aliphatic carbocycles. The number of hydrogen-bond donors (Lipinski definition) is 0. The molecule has 0 radical (unpaired) electrons. The highest BCUT2D eigenvalue weighted by atomic mass is 35.6. The topological polar surface area (TPSA) is 17.1 Å². The van der Waals surface area contributed by atoms with Crippen LogP contribution in [0.1, 0.15) is 19.3 Å². The molecule has 1 spiro atoms. The van der Waals surface area contributed by atoms with E-state index in [0.29, 0.717) is 6.42 Å². The molecule has 2 unspecified atom stereocenters. The molecule has 2 fully saturated rings. The summed E-state index contributed by atoms with van der Waals surface area (Å²) < 4.78 is -1.33. The number of hydrogen-bond acceptors (Lipinski definition) is 1. The molecule has 0 aromatic heterocycles. The van der Waals surface area contributed by atoms with Gasteiger partial charge in [0.05, 0.1) is 5.38 Å². The van der Waals surface area contributed by atoms with Gasteiger partial charge in [0.1, 0.15) is 0 Å². The van der Waals surface area contributed by atoms with Gasteiger partial charge in [-0.05, 0) is 12.8 Å². The van der Waals surface area contributed by atoms with E-state index in [2.05, 4.69) is 0 Å². The van der Waals surface area contributed by atoms with E-state index >= 15 is 0 Å². The fourth-order valence-corrected chi connectivity index (χ4v) is 3.09. The number of rotatable bonds is 1. The van der Waals surface area contributed by atoms with Crippen LogP contribution in [0, 0.1) is 11.3 Å². The molecule has 0 saturated heterocycles. The Morgan fingerprint density at radius 2 is 1.92 bits per heavy atom. The molecule has 0 heterocycles. The van der Waals surface area contributed by atoms with Crippen molar-refractivity contribution in [3.05, 3.63) is 0 Å². The molecule has 0 aromatic carbocycles. The summed E-state index contributed by atoms with van der Waals surface area (Å²) in [6.07, 6.45) is 2.30. The predicted molar refractivity (Wildman–Crippen MR) is 54.7 cm³/mol. The average Bonchev–Trinajstić information content (AvgIpc) is 2.78. The van der Waals surface area contributed by atoms with E-state index in [0.717, 1.165) is 12.8 Å². The summed E-state index contributed by atoms with van der Waals surface area (Å²) in [6.45, 7) is 0. The third kappa shape index (κ3) is 1.58. The summed E-state index contributed by atoms with van der Waals surface area (Å²) in [6, 6.07) is 0. The van der Waals surface area contributed by atoms with Gasteiger partial charge >= 0.3 is 0 Å². The summed E-state index contributed by atoms with van der Waals surface area (Å²) in [4.78, 5) is 11.4. The van der Waals surface area contributed by atoms with Crippen LogP contribution >= 0.6 is 46.4 Å². The van der Waals surface area contributed by atoms with Crippen molar-refractivity contribution in [3.63, 3.8) is 0 Å². The maximum Gasteiger partial charge on any atom is 0.191 e. The number of halogens is 4. The Morgan fingerprint density at radius 3 is 2.31 bits per heavy atom. The second-order valence-electron chi connectivity index (χ2n) is 3.87. The van der Waals surface area contributed by atoms with Crippen LogP contribution in [0.4, 0.5) is 0 Å². The number of carbonyl (C=O) groups excluding carboxylic acids is 1. The van der Waals surface area contributed by atoms with Crippen LogP contribution in [0.3, 0.4) is 0 Å². The Balaban J connectivity index is 2.05. The summed E-state index contributed by atoms with van der Waals surface area (Å²) in [5.74, 6) is -0.0759. The summed E-state index contributed by atoms with van der Waals surface area (Å²) >= 11 is 22.8. The zero-order valence-electron chi connectivity index (χ0n) is 6.70. The Morgan fingerprint density at radius 1 is 1.38 bits per heavy atom. The Hall–Kier alpha value is 0.830. The molecule has 2 atom stereocenters. The lowest BCUT2D eigenvalue weighted by molar-refractivity contribution is -0.135. The second kappa shape index (κ2) is 2.91. The maximum atomic E-state index is 11.4. The van der Waals surface area contributed by atoms with Crippen molar-refractivity contribution in [2.75, 3.05) is 0 Å².